The maximum absolute atomic E-state index is 13.4. The van der Waals surface area contributed by atoms with Crippen LogP contribution in [-0.2, 0) is 6.42 Å². The number of benzene rings is 2. The summed E-state index contributed by atoms with van der Waals surface area (Å²) >= 11 is 5.95. The Bertz CT molecular complexity index is 927. The molecule has 0 amide bonds. The van der Waals surface area contributed by atoms with Gasteiger partial charge in [-0.05, 0) is 55.9 Å². The van der Waals surface area contributed by atoms with E-state index in [9.17, 15) is 4.79 Å². The summed E-state index contributed by atoms with van der Waals surface area (Å²) in [5.41, 5.74) is 2.50. The number of hydrogen-bond acceptors (Lipinski definition) is 2. The third-order valence-electron chi connectivity index (χ3n) is 5.52. The molecule has 134 valence electrons. The van der Waals surface area contributed by atoms with Crippen molar-refractivity contribution in [3.63, 3.8) is 0 Å². The predicted octanol–water partition coefficient (Wildman–Crippen LogP) is 5.01. The number of halogens is 1. The first kappa shape index (κ1) is 17.3. The largest absolute Gasteiger partial charge is 0.360 e. The second-order valence-electron chi connectivity index (χ2n) is 7.36. The van der Waals surface area contributed by atoms with Gasteiger partial charge in [-0.15, -0.1) is 0 Å². The molecular formula is C22H23ClN2O. The number of ketones is 1. The smallest absolute Gasteiger partial charge is 0.184 e. The van der Waals surface area contributed by atoms with E-state index in [1.54, 1.807) is 0 Å². The summed E-state index contributed by atoms with van der Waals surface area (Å²) in [5, 5.41) is 5.33. The van der Waals surface area contributed by atoms with Crippen molar-refractivity contribution in [1.29, 1.82) is 0 Å². The number of Topliss-reactive ketones (excluding diaryl/α,β-unsaturated/α-hetero) is 1. The number of para-hydroxylation sites is 1. The van der Waals surface area contributed by atoms with Gasteiger partial charge in [0.2, 0.25) is 0 Å². The molecule has 1 heterocycles. The van der Waals surface area contributed by atoms with E-state index in [1.807, 2.05) is 54.7 Å². The molecule has 3 aromatic rings. The fourth-order valence-electron chi connectivity index (χ4n) is 3.73. The van der Waals surface area contributed by atoms with Gasteiger partial charge < -0.3 is 10.3 Å². The molecule has 26 heavy (non-hydrogen) atoms. The highest BCUT2D eigenvalue weighted by Gasteiger charge is 2.47. The van der Waals surface area contributed by atoms with Gasteiger partial charge in [0.15, 0.2) is 5.78 Å². The molecule has 1 fully saturated rings. The quantitative estimate of drug-likeness (QED) is 0.577. The Kier molecular flexibility index (Phi) is 4.60. The van der Waals surface area contributed by atoms with Gasteiger partial charge in [0, 0.05) is 34.2 Å². The summed E-state index contributed by atoms with van der Waals surface area (Å²) in [7, 11) is 0. The number of fused-ring (bicyclic) bond motifs is 1. The number of aromatic nitrogens is 1. The molecule has 0 radical (unpaired) electrons. The van der Waals surface area contributed by atoms with Gasteiger partial charge in [-0.1, -0.05) is 41.9 Å². The van der Waals surface area contributed by atoms with Crippen LogP contribution in [-0.4, -0.2) is 22.9 Å². The molecule has 2 aromatic carbocycles. The summed E-state index contributed by atoms with van der Waals surface area (Å²) in [6, 6.07) is 15.9. The van der Waals surface area contributed by atoms with Crippen LogP contribution in [0.5, 0.6) is 0 Å². The van der Waals surface area contributed by atoms with Gasteiger partial charge in [0.25, 0.3) is 0 Å². The Morgan fingerprint density at radius 1 is 1.19 bits per heavy atom. The monoisotopic (exact) mass is 366 g/mol. The van der Waals surface area contributed by atoms with Gasteiger partial charge in [-0.3, -0.25) is 4.79 Å². The van der Waals surface area contributed by atoms with Gasteiger partial charge in [-0.2, -0.15) is 0 Å². The van der Waals surface area contributed by atoms with Crippen LogP contribution >= 0.6 is 11.6 Å². The molecule has 1 aromatic heterocycles. The zero-order valence-electron chi connectivity index (χ0n) is 14.9. The first-order valence-electron chi connectivity index (χ1n) is 9.18. The van der Waals surface area contributed by atoms with Crippen LogP contribution in [0.3, 0.4) is 0 Å². The lowest BCUT2D eigenvalue weighted by molar-refractivity contribution is 0.0844. The van der Waals surface area contributed by atoms with E-state index >= 15 is 0 Å². The first-order valence-corrected chi connectivity index (χ1v) is 9.56. The summed E-state index contributed by atoms with van der Waals surface area (Å²) in [6.07, 6.45) is 4.95. The van der Waals surface area contributed by atoms with Gasteiger partial charge >= 0.3 is 0 Å². The minimum Gasteiger partial charge on any atom is -0.360 e. The van der Waals surface area contributed by atoms with Gasteiger partial charge in [0.05, 0.1) is 5.54 Å². The molecule has 0 aliphatic heterocycles. The zero-order chi connectivity index (χ0) is 18.1. The lowest BCUT2D eigenvalue weighted by atomic mass is 9.86. The van der Waals surface area contributed by atoms with E-state index in [-0.39, 0.29) is 5.78 Å². The normalized spacial score (nSPS) is 16.5. The SMILES string of the molecule is CC(NCCc1ccc(Cl)cc1)(C(=O)c1c[nH]c2ccccc12)C1CC1. The van der Waals surface area contributed by atoms with Crippen LogP contribution in [0, 0.1) is 5.92 Å². The van der Waals surface area contributed by atoms with Crippen LogP contribution in [0.4, 0.5) is 0 Å². The highest BCUT2D eigenvalue weighted by atomic mass is 35.5. The maximum atomic E-state index is 13.4. The van der Waals surface area contributed by atoms with E-state index in [0.717, 1.165) is 47.3 Å². The average Bonchev–Trinajstić information content (AvgIpc) is 3.43. The number of carbonyl (C=O) groups is 1. The topological polar surface area (TPSA) is 44.9 Å². The van der Waals surface area contributed by atoms with Crippen molar-refractivity contribution in [2.75, 3.05) is 6.54 Å². The van der Waals surface area contributed by atoms with Crippen molar-refractivity contribution in [3.05, 3.63) is 70.9 Å². The third kappa shape index (κ3) is 3.29. The number of H-pyrrole nitrogens is 1. The summed E-state index contributed by atoms with van der Waals surface area (Å²) < 4.78 is 0. The Balaban J connectivity index is 1.52. The molecule has 1 aliphatic carbocycles. The van der Waals surface area contributed by atoms with Gasteiger partial charge in [-0.25, -0.2) is 0 Å². The predicted molar refractivity (Wildman–Crippen MR) is 107 cm³/mol. The van der Waals surface area contributed by atoms with Crippen molar-refractivity contribution in [1.82, 2.24) is 10.3 Å². The Morgan fingerprint density at radius 2 is 1.92 bits per heavy atom. The van der Waals surface area contributed by atoms with Crippen LogP contribution in [0.25, 0.3) is 10.9 Å². The zero-order valence-corrected chi connectivity index (χ0v) is 15.6. The van der Waals surface area contributed by atoms with E-state index in [0.29, 0.717) is 5.92 Å². The summed E-state index contributed by atoms with van der Waals surface area (Å²) in [4.78, 5) is 16.6. The number of rotatable bonds is 7. The number of aromatic amines is 1. The van der Waals surface area contributed by atoms with Crippen molar-refractivity contribution in [2.45, 2.75) is 31.7 Å². The summed E-state index contributed by atoms with van der Waals surface area (Å²) in [5.74, 6) is 0.599. The maximum Gasteiger partial charge on any atom is 0.184 e. The minimum atomic E-state index is -0.516. The second kappa shape index (κ2) is 6.90. The van der Waals surface area contributed by atoms with Gasteiger partial charge in [0.1, 0.15) is 0 Å². The van der Waals surface area contributed by atoms with Crippen molar-refractivity contribution in [3.8, 4) is 0 Å². The molecule has 1 unspecified atom stereocenters. The molecule has 0 saturated heterocycles. The Labute approximate surface area is 158 Å². The third-order valence-corrected chi connectivity index (χ3v) is 5.77. The number of hydrogen-bond donors (Lipinski definition) is 2. The molecule has 0 spiro atoms. The molecule has 2 N–H and O–H groups in total. The fraction of sp³-hybridized carbons (Fsp3) is 0.318. The molecule has 0 bridgehead atoms. The average molecular weight is 367 g/mol. The number of nitrogens with one attached hydrogen (secondary N) is 2. The number of carbonyl (C=O) groups excluding carboxylic acids is 1. The van der Waals surface area contributed by atoms with Crippen molar-refractivity contribution >= 4 is 28.3 Å². The summed E-state index contributed by atoms with van der Waals surface area (Å²) in [6.45, 7) is 2.83. The lowest BCUT2D eigenvalue weighted by Crippen LogP contribution is -2.52. The van der Waals surface area contributed by atoms with E-state index in [4.69, 9.17) is 11.6 Å². The lowest BCUT2D eigenvalue weighted by Gasteiger charge is -2.29. The molecule has 1 aliphatic rings. The molecule has 1 saturated carbocycles. The Morgan fingerprint density at radius 3 is 2.65 bits per heavy atom. The van der Waals surface area contributed by atoms with Crippen molar-refractivity contribution in [2.24, 2.45) is 5.92 Å². The molecule has 1 atom stereocenters. The minimum absolute atomic E-state index is 0.188. The fourth-order valence-corrected chi connectivity index (χ4v) is 3.85. The molecular weight excluding hydrogens is 344 g/mol. The van der Waals surface area contributed by atoms with Crippen LogP contribution in [0.2, 0.25) is 5.02 Å². The molecule has 4 heteroatoms. The second-order valence-corrected chi connectivity index (χ2v) is 7.79. The molecule has 3 nitrogen and oxygen atoms in total. The van der Waals surface area contributed by atoms with E-state index < -0.39 is 5.54 Å². The van der Waals surface area contributed by atoms with Crippen LogP contribution in [0.1, 0.15) is 35.7 Å². The van der Waals surface area contributed by atoms with E-state index in [1.165, 1.54) is 5.56 Å². The molecule has 4 rings (SSSR count). The van der Waals surface area contributed by atoms with Crippen LogP contribution < -0.4 is 5.32 Å². The van der Waals surface area contributed by atoms with E-state index in [2.05, 4.69) is 17.2 Å². The highest BCUT2D eigenvalue weighted by Crippen LogP contribution is 2.42. The first-order chi connectivity index (χ1) is 12.6. The highest BCUT2D eigenvalue weighted by molar-refractivity contribution is 6.30. The standard InChI is InChI=1S/C22H23ClN2O/c1-22(16-8-9-16,25-13-12-15-6-10-17(23)11-7-15)21(26)19-14-24-20-5-3-2-4-18(19)20/h2-7,10-11,14,16,24-25H,8-9,12-13H2,1H3. The van der Waals surface area contributed by atoms with Crippen molar-refractivity contribution < 1.29 is 4.79 Å². The van der Waals surface area contributed by atoms with Crippen LogP contribution in [0.15, 0.2) is 54.7 Å². The Hall–Kier alpha value is -2.10.